The molecule has 0 atom stereocenters. The van der Waals surface area contributed by atoms with E-state index in [4.69, 9.17) is 11.6 Å². The van der Waals surface area contributed by atoms with Crippen LogP contribution in [-0.2, 0) is 7.05 Å². The van der Waals surface area contributed by atoms with Crippen LogP contribution in [0.25, 0.3) is 0 Å². The lowest BCUT2D eigenvalue weighted by Crippen LogP contribution is -2.18. The van der Waals surface area contributed by atoms with Crippen molar-refractivity contribution in [1.82, 2.24) is 9.55 Å². The summed E-state index contributed by atoms with van der Waals surface area (Å²) in [6.45, 7) is 0. The van der Waals surface area contributed by atoms with E-state index in [0.717, 1.165) is 0 Å². The summed E-state index contributed by atoms with van der Waals surface area (Å²) in [5, 5.41) is -0.00861. The second kappa shape index (κ2) is 2.72. The zero-order valence-corrected chi connectivity index (χ0v) is 7.48. The predicted octanol–water partition coefficient (Wildman–Crippen LogP) is 1.20. The van der Waals surface area contributed by atoms with E-state index in [1.165, 1.54) is 10.8 Å². The van der Waals surface area contributed by atoms with Crippen molar-refractivity contribution in [1.29, 1.82) is 0 Å². The zero-order valence-electron chi connectivity index (χ0n) is 5.14. The van der Waals surface area contributed by atoms with Crippen LogP contribution in [0.1, 0.15) is 0 Å². The highest BCUT2D eigenvalue weighted by atomic mass is 79.9. The fraction of sp³-hybridized carbons (Fsp3) is 0.200. The average Bonchev–Trinajstić information content (AvgIpc) is 1.93. The van der Waals surface area contributed by atoms with E-state index in [0.29, 0.717) is 4.60 Å². The van der Waals surface area contributed by atoms with E-state index in [-0.39, 0.29) is 10.7 Å². The molecule has 1 rings (SSSR count). The van der Waals surface area contributed by atoms with Crippen molar-refractivity contribution in [3.63, 3.8) is 0 Å². The smallest absolute Gasteiger partial charge is 0.288 e. The Kier molecular flexibility index (Phi) is 2.11. The number of hydrogen-bond donors (Lipinski definition) is 0. The maximum Gasteiger partial charge on any atom is 0.288 e. The molecule has 0 amide bonds. The van der Waals surface area contributed by atoms with Gasteiger partial charge in [0.05, 0.1) is 6.20 Å². The van der Waals surface area contributed by atoms with Crippen LogP contribution >= 0.6 is 27.5 Å². The zero-order chi connectivity index (χ0) is 7.72. The van der Waals surface area contributed by atoms with Gasteiger partial charge in [0.15, 0.2) is 5.15 Å². The van der Waals surface area contributed by atoms with Crippen molar-refractivity contribution in [2.24, 2.45) is 7.05 Å². The van der Waals surface area contributed by atoms with Crippen LogP contribution in [0.2, 0.25) is 5.15 Å². The molecule has 0 aliphatic heterocycles. The minimum Gasteiger partial charge on any atom is -0.302 e. The van der Waals surface area contributed by atoms with Crippen LogP contribution in [0, 0.1) is 0 Å². The van der Waals surface area contributed by atoms with Gasteiger partial charge in [-0.2, -0.15) is 0 Å². The lowest BCUT2D eigenvalue weighted by molar-refractivity contribution is 0.815. The largest absolute Gasteiger partial charge is 0.302 e. The van der Waals surface area contributed by atoms with Gasteiger partial charge in [-0.3, -0.25) is 4.79 Å². The van der Waals surface area contributed by atoms with Gasteiger partial charge < -0.3 is 4.57 Å². The van der Waals surface area contributed by atoms with Gasteiger partial charge in [0.25, 0.3) is 5.56 Å². The molecule has 0 saturated carbocycles. The Morgan fingerprint density at radius 2 is 2.40 bits per heavy atom. The van der Waals surface area contributed by atoms with Crippen molar-refractivity contribution in [2.45, 2.75) is 0 Å². The van der Waals surface area contributed by atoms with Gasteiger partial charge in [-0.15, -0.1) is 0 Å². The number of halogens is 2. The first-order chi connectivity index (χ1) is 4.63. The van der Waals surface area contributed by atoms with Gasteiger partial charge in [-0.05, 0) is 15.9 Å². The molecule has 54 valence electrons. The Labute approximate surface area is 70.8 Å². The van der Waals surface area contributed by atoms with E-state index >= 15 is 0 Å². The second-order valence-electron chi connectivity index (χ2n) is 1.74. The van der Waals surface area contributed by atoms with Crippen LogP contribution in [0.5, 0.6) is 0 Å². The number of rotatable bonds is 0. The molecule has 0 unspecified atom stereocenters. The average molecular weight is 223 g/mol. The van der Waals surface area contributed by atoms with Crippen molar-refractivity contribution in [3.05, 3.63) is 26.3 Å². The van der Waals surface area contributed by atoms with E-state index in [1.54, 1.807) is 7.05 Å². The third-order valence-corrected chi connectivity index (χ3v) is 2.08. The molecule has 0 aliphatic rings. The summed E-state index contributed by atoms with van der Waals surface area (Å²) < 4.78 is 1.98. The van der Waals surface area contributed by atoms with Crippen LogP contribution in [0.4, 0.5) is 0 Å². The number of nitrogens with zero attached hydrogens (tertiary/aromatic N) is 2. The first kappa shape index (κ1) is 7.75. The molecule has 5 heteroatoms. The number of hydrogen-bond acceptors (Lipinski definition) is 2. The van der Waals surface area contributed by atoms with Crippen LogP contribution < -0.4 is 5.56 Å². The fourth-order valence-electron chi connectivity index (χ4n) is 0.487. The highest BCUT2D eigenvalue weighted by Gasteiger charge is 2.00. The summed E-state index contributed by atoms with van der Waals surface area (Å²) in [5.74, 6) is 0. The maximum atomic E-state index is 10.9. The summed E-state index contributed by atoms with van der Waals surface area (Å²) >= 11 is 8.54. The molecule has 0 fully saturated rings. The maximum absolute atomic E-state index is 10.9. The van der Waals surface area contributed by atoms with Crippen LogP contribution in [-0.4, -0.2) is 9.55 Å². The first-order valence-electron chi connectivity index (χ1n) is 2.50. The fourth-order valence-corrected chi connectivity index (χ4v) is 0.926. The van der Waals surface area contributed by atoms with Gasteiger partial charge in [-0.25, -0.2) is 4.98 Å². The van der Waals surface area contributed by atoms with Crippen molar-refractivity contribution in [3.8, 4) is 0 Å². The molecule has 1 aromatic heterocycles. The van der Waals surface area contributed by atoms with E-state index in [1.807, 2.05) is 0 Å². The monoisotopic (exact) mass is 222 g/mol. The predicted molar refractivity (Wildman–Crippen MR) is 42.2 cm³/mol. The van der Waals surface area contributed by atoms with Gasteiger partial charge in [0, 0.05) is 7.05 Å². The summed E-state index contributed by atoms with van der Waals surface area (Å²) in [6.07, 6.45) is 1.48. The quantitative estimate of drug-likeness (QED) is 0.662. The summed E-state index contributed by atoms with van der Waals surface area (Å²) in [7, 11) is 1.61. The standard InChI is InChI=1S/C5H4BrClN2O/c1-9-3(6)2-8-4(7)5(9)10/h2H,1H3. The minimum absolute atomic E-state index is 0.00861. The summed E-state index contributed by atoms with van der Waals surface area (Å²) in [4.78, 5) is 14.6. The molecule has 0 bridgehead atoms. The minimum atomic E-state index is -0.295. The SMILES string of the molecule is Cn1c(Br)cnc(Cl)c1=O. The highest BCUT2D eigenvalue weighted by Crippen LogP contribution is 2.04. The molecular weight excluding hydrogens is 219 g/mol. The Balaban J connectivity index is 3.50. The molecule has 10 heavy (non-hydrogen) atoms. The third-order valence-electron chi connectivity index (χ3n) is 1.09. The molecule has 0 radical (unpaired) electrons. The molecule has 0 saturated heterocycles. The summed E-state index contributed by atoms with van der Waals surface area (Å²) in [6, 6.07) is 0. The molecule has 0 spiro atoms. The van der Waals surface area contributed by atoms with Crippen LogP contribution in [0.15, 0.2) is 15.6 Å². The first-order valence-corrected chi connectivity index (χ1v) is 3.67. The van der Waals surface area contributed by atoms with Gasteiger partial charge in [-0.1, -0.05) is 11.6 Å². The molecule has 1 heterocycles. The van der Waals surface area contributed by atoms with Crippen LogP contribution in [0.3, 0.4) is 0 Å². The second-order valence-corrected chi connectivity index (χ2v) is 2.91. The summed E-state index contributed by atoms with van der Waals surface area (Å²) in [5.41, 5.74) is -0.295. The highest BCUT2D eigenvalue weighted by molar-refractivity contribution is 9.10. The third kappa shape index (κ3) is 1.22. The number of aromatic nitrogens is 2. The Hall–Kier alpha value is -0.350. The molecule has 0 aromatic carbocycles. The molecule has 0 aliphatic carbocycles. The Bertz CT molecular complexity index is 309. The van der Waals surface area contributed by atoms with Crippen molar-refractivity contribution >= 4 is 27.5 Å². The van der Waals surface area contributed by atoms with Gasteiger partial charge >= 0.3 is 0 Å². The normalized spacial score (nSPS) is 9.90. The van der Waals surface area contributed by atoms with Gasteiger partial charge in [0.1, 0.15) is 4.60 Å². The van der Waals surface area contributed by atoms with E-state index in [2.05, 4.69) is 20.9 Å². The Morgan fingerprint density at radius 1 is 1.80 bits per heavy atom. The molecule has 3 nitrogen and oxygen atoms in total. The molecular formula is C5H4BrClN2O. The lowest BCUT2D eigenvalue weighted by atomic mass is 10.7. The molecule has 0 N–H and O–H groups in total. The van der Waals surface area contributed by atoms with E-state index in [9.17, 15) is 4.79 Å². The molecule has 1 aromatic rings. The van der Waals surface area contributed by atoms with Gasteiger partial charge in [0.2, 0.25) is 0 Å². The Morgan fingerprint density at radius 3 is 2.90 bits per heavy atom. The topological polar surface area (TPSA) is 34.9 Å². The van der Waals surface area contributed by atoms with E-state index < -0.39 is 0 Å². The lowest BCUT2D eigenvalue weighted by Gasteiger charge is -1.98. The van der Waals surface area contributed by atoms with Crippen molar-refractivity contribution < 1.29 is 0 Å². The van der Waals surface area contributed by atoms with Crippen molar-refractivity contribution in [2.75, 3.05) is 0 Å².